The molecule has 5 heteroatoms. The lowest BCUT2D eigenvalue weighted by molar-refractivity contribution is 0.0864. The molecule has 1 rings (SSSR count). The molecule has 5 nitrogen and oxygen atoms in total. The minimum atomic E-state index is -0.623. The van der Waals surface area contributed by atoms with Gasteiger partial charge in [0, 0.05) is 5.69 Å². The molecular weight excluding hydrogens is 194 g/mol. The average molecular weight is 211 g/mol. The van der Waals surface area contributed by atoms with Crippen LogP contribution in [0.4, 0.5) is 0 Å². The second-order valence-corrected chi connectivity index (χ2v) is 4.13. The first kappa shape index (κ1) is 11.7. The van der Waals surface area contributed by atoms with Gasteiger partial charge in [0.1, 0.15) is 5.69 Å². The average Bonchev–Trinajstić information content (AvgIpc) is 2.65. The van der Waals surface area contributed by atoms with Gasteiger partial charge in [0.25, 0.3) is 5.91 Å². The Hall–Kier alpha value is -1.36. The van der Waals surface area contributed by atoms with Crippen LogP contribution in [-0.4, -0.2) is 33.4 Å². The lowest BCUT2D eigenvalue weighted by Crippen LogP contribution is -2.46. The van der Waals surface area contributed by atoms with E-state index in [9.17, 15) is 4.79 Å². The molecule has 0 unspecified atom stereocenters. The fourth-order valence-corrected chi connectivity index (χ4v) is 1.07. The Kier molecular flexibility index (Phi) is 3.47. The van der Waals surface area contributed by atoms with Gasteiger partial charge in [-0.25, -0.2) is 0 Å². The molecule has 15 heavy (non-hydrogen) atoms. The lowest BCUT2D eigenvalue weighted by Gasteiger charge is -2.22. The van der Waals surface area contributed by atoms with E-state index < -0.39 is 5.54 Å². The summed E-state index contributed by atoms with van der Waals surface area (Å²) in [6, 6.07) is 1.71. The summed E-state index contributed by atoms with van der Waals surface area (Å²) in [5, 5.41) is 18.3. The molecule has 0 spiro atoms. The van der Waals surface area contributed by atoms with E-state index in [-0.39, 0.29) is 12.5 Å². The molecule has 0 saturated carbocycles. The molecule has 0 aliphatic heterocycles. The predicted molar refractivity (Wildman–Crippen MR) is 56.6 cm³/mol. The Morgan fingerprint density at radius 2 is 2.33 bits per heavy atom. The zero-order valence-corrected chi connectivity index (χ0v) is 9.29. The Balaban J connectivity index is 2.69. The number of rotatable bonds is 4. The third kappa shape index (κ3) is 3.06. The molecule has 0 saturated heterocycles. The smallest absolute Gasteiger partial charge is 0.272 e. The number of aryl methyl sites for hydroxylation is 1. The van der Waals surface area contributed by atoms with Crippen molar-refractivity contribution in [1.29, 1.82) is 0 Å². The van der Waals surface area contributed by atoms with Crippen LogP contribution in [-0.2, 0) is 6.42 Å². The molecule has 1 heterocycles. The van der Waals surface area contributed by atoms with Crippen LogP contribution in [0.5, 0.6) is 0 Å². The van der Waals surface area contributed by atoms with Gasteiger partial charge in [-0.05, 0) is 26.3 Å². The summed E-state index contributed by atoms with van der Waals surface area (Å²) in [6.45, 7) is 5.37. The van der Waals surface area contributed by atoms with Gasteiger partial charge >= 0.3 is 0 Å². The molecular formula is C10H17N3O2. The van der Waals surface area contributed by atoms with Crippen LogP contribution in [0.3, 0.4) is 0 Å². The van der Waals surface area contributed by atoms with Crippen molar-refractivity contribution in [2.24, 2.45) is 0 Å². The van der Waals surface area contributed by atoms with E-state index >= 15 is 0 Å². The molecule has 1 amide bonds. The van der Waals surface area contributed by atoms with Crippen molar-refractivity contribution in [2.75, 3.05) is 6.61 Å². The standard InChI is InChI=1S/C10H17N3O2/c1-4-7-5-8(13-12-7)9(15)11-10(2,3)6-14/h5,14H,4,6H2,1-3H3,(H,11,15)(H,12,13). The van der Waals surface area contributed by atoms with E-state index in [1.54, 1.807) is 19.9 Å². The fraction of sp³-hybridized carbons (Fsp3) is 0.600. The number of aliphatic hydroxyl groups is 1. The topological polar surface area (TPSA) is 78.0 Å². The first-order chi connectivity index (χ1) is 6.98. The minimum Gasteiger partial charge on any atom is -0.394 e. The monoisotopic (exact) mass is 211 g/mol. The summed E-state index contributed by atoms with van der Waals surface area (Å²) in [5.74, 6) is -0.273. The molecule has 3 N–H and O–H groups in total. The molecule has 0 radical (unpaired) electrons. The molecule has 0 aliphatic carbocycles. The van der Waals surface area contributed by atoms with E-state index in [4.69, 9.17) is 5.11 Å². The first-order valence-corrected chi connectivity index (χ1v) is 4.96. The highest BCUT2D eigenvalue weighted by Gasteiger charge is 2.21. The zero-order chi connectivity index (χ0) is 11.5. The van der Waals surface area contributed by atoms with Crippen molar-refractivity contribution in [2.45, 2.75) is 32.7 Å². The Labute approximate surface area is 88.9 Å². The molecule has 1 aromatic rings. The number of carbonyl (C=O) groups is 1. The molecule has 0 fully saturated rings. The second kappa shape index (κ2) is 4.44. The van der Waals surface area contributed by atoms with E-state index in [1.165, 1.54) is 0 Å². The number of aromatic nitrogens is 2. The zero-order valence-electron chi connectivity index (χ0n) is 9.29. The van der Waals surface area contributed by atoms with Gasteiger partial charge in [-0.1, -0.05) is 6.92 Å². The summed E-state index contributed by atoms with van der Waals surface area (Å²) in [4.78, 5) is 11.6. The van der Waals surface area contributed by atoms with Crippen LogP contribution in [0.1, 0.15) is 37.0 Å². The Morgan fingerprint density at radius 3 is 2.80 bits per heavy atom. The third-order valence-electron chi connectivity index (χ3n) is 2.09. The second-order valence-electron chi connectivity index (χ2n) is 4.13. The van der Waals surface area contributed by atoms with Crippen LogP contribution >= 0.6 is 0 Å². The summed E-state index contributed by atoms with van der Waals surface area (Å²) < 4.78 is 0. The highest BCUT2D eigenvalue weighted by Crippen LogP contribution is 2.04. The Morgan fingerprint density at radius 1 is 1.67 bits per heavy atom. The van der Waals surface area contributed by atoms with Gasteiger partial charge in [0.2, 0.25) is 0 Å². The highest BCUT2D eigenvalue weighted by atomic mass is 16.3. The van der Waals surface area contributed by atoms with Gasteiger partial charge in [-0.15, -0.1) is 0 Å². The van der Waals surface area contributed by atoms with E-state index in [1.807, 2.05) is 6.92 Å². The van der Waals surface area contributed by atoms with Crippen LogP contribution in [0, 0.1) is 0 Å². The number of aliphatic hydroxyl groups excluding tert-OH is 1. The fourth-order valence-electron chi connectivity index (χ4n) is 1.07. The van der Waals surface area contributed by atoms with E-state index in [0.717, 1.165) is 12.1 Å². The van der Waals surface area contributed by atoms with Crippen molar-refractivity contribution < 1.29 is 9.90 Å². The maximum absolute atomic E-state index is 11.6. The van der Waals surface area contributed by atoms with E-state index in [0.29, 0.717) is 5.69 Å². The molecule has 84 valence electrons. The summed E-state index contributed by atoms with van der Waals surface area (Å²) in [7, 11) is 0. The third-order valence-corrected chi connectivity index (χ3v) is 2.09. The van der Waals surface area contributed by atoms with Crippen molar-refractivity contribution >= 4 is 5.91 Å². The predicted octanol–water partition coefficient (Wildman–Crippen LogP) is 0.473. The van der Waals surface area contributed by atoms with Gasteiger partial charge in [-0.2, -0.15) is 5.10 Å². The van der Waals surface area contributed by atoms with Crippen molar-refractivity contribution in [1.82, 2.24) is 15.5 Å². The number of aromatic amines is 1. The van der Waals surface area contributed by atoms with Crippen molar-refractivity contribution in [3.05, 3.63) is 17.5 Å². The quantitative estimate of drug-likeness (QED) is 0.677. The van der Waals surface area contributed by atoms with Gasteiger partial charge < -0.3 is 10.4 Å². The molecule has 0 aliphatic rings. The van der Waals surface area contributed by atoms with Gasteiger partial charge in [0.05, 0.1) is 12.1 Å². The molecule has 0 aromatic carbocycles. The minimum absolute atomic E-state index is 0.107. The largest absolute Gasteiger partial charge is 0.394 e. The maximum Gasteiger partial charge on any atom is 0.272 e. The number of hydrogen-bond acceptors (Lipinski definition) is 3. The van der Waals surface area contributed by atoms with Crippen molar-refractivity contribution in [3.8, 4) is 0 Å². The Bertz CT molecular complexity index is 344. The summed E-state index contributed by atoms with van der Waals surface area (Å²) in [6.07, 6.45) is 0.809. The maximum atomic E-state index is 11.6. The number of nitrogens with one attached hydrogen (secondary N) is 2. The van der Waals surface area contributed by atoms with Gasteiger partial charge in [-0.3, -0.25) is 9.89 Å². The van der Waals surface area contributed by atoms with E-state index in [2.05, 4.69) is 15.5 Å². The normalized spacial score (nSPS) is 11.5. The summed E-state index contributed by atoms with van der Waals surface area (Å²) in [5.41, 5.74) is 0.651. The number of H-pyrrole nitrogens is 1. The molecule has 0 atom stereocenters. The van der Waals surface area contributed by atoms with Crippen LogP contribution < -0.4 is 5.32 Å². The highest BCUT2D eigenvalue weighted by molar-refractivity contribution is 5.92. The lowest BCUT2D eigenvalue weighted by atomic mass is 10.1. The van der Waals surface area contributed by atoms with Crippen LogP contribution in [0.15, 0.2) is 6.07 Å². The SMILES string of the molecule is CCc1cc(C(=O)NC(C)(C)CO)n[nH]1. The number of hydrogen-bond donors (Lipinski definition) is 3. The first-order valence-electron chi connectivity index (χ1n) is 4.96. The van der Waals surface area contributed by atoms with Gasteiger partial charge in [0.15, 0.2) is 0 Å². The number of amides is 1. The molecule has 0 bridgehead atoms. The van der Waals surface area contributed by atoms with Crippen molar-refractivity contribution in [3.63, 3.8) is 0 Å². The van der Waals surface area contributed by atoms with Crippen LogP contribution in [0.25, 0.3) is 0 Å². The molecule has 1 aromatic heterocycles. The van der Waals surface area contributed by atoms with Crippen LogP contribution in [0.2, 0.25) is 0 Å². The summed E-state index contributed by atoms with van der Waals surface area (Å²) >= 11 is 0. The number of nitrogens with zero attached hydrogens (tertiary/aromatic N) is 1. The number of carbonyl (C=O) groups excluding carboxylic acids is 1.